The van der Waals surface area contributed by atoms with Crippen LogP contribution in [0.5, 0.6) is 0 Å². The molecular weight excluding hydrogens is 578 g/mol. The van der Waals surface area contributed by atoms with Crippen molar-refractivity contribution < 1.29 is 50.9 Å². The zero-order valence-corrected chi connectivity index (χ0v) is 23.1. The number of hydrogen-bond acceptors (Lipinski definition) is 7. The molecule has 234 valence electrons. The van der Waals surface area contributed by atoms with Crippen molar-refractivity contribution in [1.29, 1.82) is 0 Å². The van der Waals surface area contributed by atoms with E-state index in [1.54, 1.807) is 0 Å². The van der Waals surface area contributed by atoms with Crippen molar-refractivity contribution in [2.45, 2.75) is 77.9 Å². The van der Waals surface area contributed by atoms with Gasteiger partial charge in [-0.1, -0.05) is 6.07 Å². The van der Waals surface area contributed by atoms with Gasteiger partial charge in [0.25, 0.3) is 5.91 Å². The van der Waals surface area contributed by atoms with Gasteiger partial charge in [-0.25, -0.2) is 9.59 Å². The van der Waals surface area contributed by atoms with Crippen molar-refractivity contribution in [1.82, 2.24) is 30.0 Å². The zero-order chi connectivity index (χ0) is 31.9. The Hall–Kier alpha value is -3.76. The van der Waals surface area contributed by atoms with Crippen LogP contribution in [0, 0.1) is 12.3 Å². The van der Waals surface area contributed by atoms with E-state index in [0.717, 1.165) is 69.1 Å². The summed E-state index contributed by atoms with van der Waals surface area (Å²) in [5.41, 5.74) is 2.47. The summed E-state index contributed by atoms with van der Waals surface area (Å²) in [5.74, 6) is -4.21. The van der Waals surface area contributed by atoms with E-state index in [1.165, 1.54) is 0 Å². The number of carboxylic acid groups (broad SMARTS) is 2. The summed E-state index contributed by atoms with van der Waals surface area (Å²) in [6, 6.07) is 6.33. The van der Waals surface area contributed by atoms with Gasteiger partial charge in [-0.15, -0.1) is 10.2 Å². The third-order valence-corrected chi connectivity index (χ3v) is 6.56. The van der Waals surface area contributed by atoms with Crippen molar-refractivity contribution in [3.8, 4) is 0 Å². The molecule has 42 heavy (non-hydrogen) atoms. The summed E-state index contributed by atoms with van der Waals surface area (Å²) in [4.78, 5) is 37.4. The Morgan fingerprint density at radius 2 is 1.52 bits per heavy atom. The smallest absolute Gasteiger partial charge is 0.475 e. The van der Waals surface area contributed by atoms with Crippen molar-refractivity contribution >= 4 is 17.8 Å². The largest absolute Gasteiger partial charge is 0.490 e. The third-order valence-electron chi connectivity index (χ3n) is 6.56. The van der Waals surface area contributed by atoms with E-state index in [-0.39, 0.29) is 17.4 Å². The van der Waals surface area contributed by atoms with Crippen LogP contribution in [0.3, 0.4) is 0 Å². The summed E-state index contributed by atoms with van der Waals surface area (Å²) in [6.45, 7) is 9.88. The number of fused-ring (bicyclic) bond motifs is 1. The standard InChI is InChI=1S/C21H30N6O.2C2HF3O2/c1-15(2)22-20(28)19-25-24-18-7-8-21(14-27(18)19)9-11-26(12-10-21)13-17-6-4-5-16(3)23-17;2*3-2(4,5)1(6)7/h4-6,15H,7-14H2,1-3H3,(H,22,28);2*(H,6,7). The van der Waals surface area contributed by atoms with Gasteiger partial charge >= 0.3 is 24.3 Å². The number of aliphatic carboxylic acids is 2. The van der Waals surface area contributed by atoms with Gasteiger partial charge in [0.05, 0.1) is 5.69 Å². The molecule has 17 heteroatoms. The minimum atomic E-state index is -5.08. The molecule has 4 rings (SSSR count). The van der Waals surface area contributed by atoms with Crippen LogP contribution in [0.2, 0.25) is 0 Å². The number of halogens is 6. The second kappa shape index (κ2) is 13.9. The second-order valence-electron chi connectivity index (χ2n) is 10.3. The lowest BCUT2D eigenvalue weighted by Gasteiger charge is -2.44. The van der Waals surface area contributed by atoms with Crippen LogP contribution < -0.4 is 5.32 Å². The van der Waals surface area contributed by atoms with Gasteiger partial charge in [0, 0.05) is 31.2 Å². The van der Waals surface area contributed by atoms with E-state index >= 15 is 0 Å². The average molecular weight is 611 g/mol. The number of aryl methyl sites for hydroxylation is 2. The molecule has 0 unspecified atom stereocenters. The number of carbonyl (C=O) groups is 3. The first-order chi connectivity index (χ1) is 19.3. The molecule has 0 atom stereocenters. The number of carboxylic acids is 2. The molecule has 1 spiro atoms. The number of aromatic nitrogens is 4. The van der Waals surface area contributed by atoms with E-state index in [2.05, 4.69) is 42.1 Å². The van der Waals surface area contributed by atoms with Crippen LogP contribution in [0.25, 0.3) is 0 Å². The molecule has 4 heterocycles. The predicted molar refractivity (Wildman–Crippen MR) is 134 cm³/mol. The topological polar surface area (TPSA) is 151 Å². The zero-order valence-electron chi connectivity index (χ0n) is 23.1. The molecule has 2 aromatic heterocycles. The highest BCUT2D eigenvalue weighted by Gasteiger charge is 2.40. The highest BCUT2D eigenvalue weighted by atomic mass is 19.4. The first-order valence-corrected chi connectivity index (χ1v) is 12.8. The fraction of sp³-hybridized carbons (Fsp3) is 0.600. The van der Waals surface area contributed by atoms with Gasteiger partial charge < -0.3 is 20.1 Å². The molecule has 0 aromatic carbocycles. The monoisotopic (exact) mass is 610 g/mol. The molecule has 0 bridgehead atoms. The molecule has 1 saturated heterocycles. The summed E-state index contributed by atoms with van der Waals surface area (Å²) in [6.07, 6.45) is -5.85. The lowest BCUT2D eigenvalue weighted by Crippen LogP contribution is -2.45. The molecule has 2 aliphatic rings. The number of piperidine rings is 1. The van der Waals surface area contributed by atoms with Crippen molar-refractivity contribution in [3.05, 3.63) is 41.2 Å². The minimum absolute atomic E-state index is 0.0940. The summed E-state index contributed by atoms with van der Waals surface area (Å²) in [5, 5.41) is 25.7. The Kier molecular flexibility index (Phi) is 11.4. The lowest BCUT2D eigenvalue weighted by molar-refractivity contribution is -0.193. The van der Waals surface area contributed by atoms with E-state index in [4.69, 9.17) is 19.8 Å². The number of alkyl halides is 6. The first-order valence-electron chi connectivity index (χ1n) is 12.8. The molecule has 0 saturated carbocycles. The number of hydrogen-bond donors (Lipinski definition) is 3. The quantitative estimate of drug-likeness (QED) is 0.441. The van der Waals surface area contributed by atoms with Crippen LogP contribution in [0.1, 0.15) is 60.9 Å². The van der Waals surface area contributed by atoms with Gasteiger partial charge in [0.1, 0.15) is 5.82 Å². The van der Waals surface area contributed by atoms with Crippen LogP contribution in [0.4, 0.5) is 26.3 Å². The maximum atomic E-state index is 12.5. The molecule has 0 aliphatic carbocycles. The SMILES string of the molecule is Cc1cccc(CN2CCC3(CCc4nnc(C(=O)NC(C)C)n4C3)CC2)n1.O=C(O)C(F)(F)F.O=C(O)C(F)(F)F. The average Bonchev–Trinajstić information content (AvgIpc) is 3.28. The van der Waals surface area contributed by atoms with E-state index in [1.807, 2.05) is 26.8 Å². The van der Waals surface area contributed by atoms with Gasteiger partial charge in [0.2, 0.25) is 5.82 Å². The Labute approximate surface area is 236 Å². The molecule has 2 aromatic rings. The number of nitrogens with one attached hydrogen (secondary N) is 1. The van der Waals surface area contributed by atoms with Crippen LogP contribution in [-0.4, -0.2) is 84.2 Å². The highest BCUT2D eigenvalue weighted by Crippen LogP contribution is 2.41. The van der Waals surface area contributed by atoms with Crippen LogP contribution in [0.15, 0.2) is 18.2 Å². The molecule has 1 fully saturated rings. The van der Waals surface area contributed by atoms with Gasteiger partial charge in [-0.05, 0) is 70.7 Å². The fourth-order valence-corrected chi connectivity index (χ4v) is 4.48. The molecule has 1 amide bonds. The second-order valence-corrected chi connectivity index (χ2v) is 10.3. The molecule has 2 aliphatic heterocycles. The Morgan fingerprint density at radius 3 is 2.00 bits per heavy atom. The van der Waals surface area contributed by atoms with E-state index in [9.17, 15) is 31.1 Å². The van der Waals surface area contributed by atoms with E-state index in [0.29, 0.717) is 5.82 Å². The number of amides is 1. The Morgan fingerprint density at radius 1 is 0.976 bits per heavy atom. The number of nitrogens with zero attached hydrogens (tertiary/aromatic N) is 5. The minimum Gasteiger partial charge on any atom is -0.475 e. The fourth-order valence-electron chi connectivity index (χ4n) is 4.48. The van der Waals surface area contributed by atoms with Crippen LogP contribution in [-0.2, 0) is 29.1 Å². The molecule has 0 radical (unpaired) electrons. The lowest BCUT2D eigenvalue weighted by atomic mass is 9.73. The van der Waals surface area contributed by atoms with Crippen molar-refractivity contribution in [2.75, 3.05) is 13.1 Å². The first kappa shape index (κ1) is 34.4. The summed E-state index contributed by atoms with van der Waals surface area (Å²) >= 11 is 0. The number of likely N-dealkylation sites (tertiary alicyclic amines) is 1. The van der Waals surface area contributed by atoms with Gasteiger partial charge in [-0.3, -0.25) is 14.7 Å². The summed E-state index contributed by atoms with van der Waals surface area (Å²) < 4.78 is 65.5. The van der Waals surface area contributed by atoms with Gasteiger partial charge in [0.15, 0.2) is 0 Å². The molecular formula is C25H32F6N6O5. The highest BCUT2D eigenvalue weighted by molar-refractivity contribution is 5.90. The Balaban J connectivity index is 0.000000367. The predicted octanol–water partition coefficient (Wildman–Crippen LogP) is 3.61. The Bertz CT molecular complexity index is 1220. The maximum absolute atomic E-state index is 12.5. The third kappa shape index (κ3) is 10.3. The molecule has 3 N–H and O–H groups in total. The van der Waals surface area contributed by atoms with Crippen molar-refractivity contribution in [3.63, 3.8) is 0 Å². The molecule has 11 nitrogen and oxygen atoms in total. The maximum Gasteiger partial charge on any atom is 0.490 e. The summed E-state index contributed by atoms with van der Waals surface area (Å²) in [7, 11) is 0. The van der Waals surface area contributed by atoms with E-state index < -0.39 is 24.3 Å². The van der Waals surface area contributed by atoms with Crippen LogP contribution >= 0.6 is 0 Å². The number of carbonyl (C=O) groups excluding carboxylic acids is 1. The van der Waals surface area contributed by atoms with Gasteiger partial charge in [-0.2, -0.15) is 26.3 Å². The number of pyridine rings is 1. The normalized spacial score (nSPS) is 16.4. The van der Waals surface area contributed by atoms with Crippen molar-refractivity contribution in [2.24, 2.45) is 5.41 Å². The number of rotatable bonds is 4.